The van der Waals surface area contributed by atoms with Crippen molar-refractivity contribution in [3.63, 3.8) is 0 Å². The fourth-order valence-electron chi connectivity index (χ4n) is 2.33. The number of anilines is 1. The van der Waals surface area contributed by atoms with E-state index in [-0.39, 0.29) is 11.3 Å². The quantitative estimate of drug-likeness (QED) is 0.588. The smallest absolute Gasteiger partial charge is 0.307 e. The molecule has 0 bridgehead atoms. The summed E-state index contributed by atoms with van der Waals surface area (Å²) in [6.07, 6.45) is 0. The van der Waals surface area contributed by atoms with E-state index < -0.39 is 29.4 Å². The Morgan fingerprint density at radius 2 is 1.95 bits per heavy atom. The molecule has 3 rings (SSSR count). The van der Waals surface area contributed by atoms with E-state index in [2.05, 4.69) is 16.0 Å². The number of carbonyl (C=O) groups is 3. The Morgan fingerprint density at radius 3 is 2.58 bits per heavy atom. The summed E-state index contributed by atoms with van der Waals surface area (Å²) in [5, 5.41) is 6.95. The highest BCUT2D eigenvalue weighted by Crippen LogP contribution is 2.37. The molecular weight excluding hydrogens is 255 g/mol. The van der Waals surface area contributed by atoms with Gasteiger partial charge in [0.2, 0.25) is 5.66 Å². The van der Waals surface area contributed by atoms with Crippen LogP contribution in [0.3, 0.4) is 0 Å². The number of halogens is 1. The van der Waals surface area contributed by atoms with E-state index in [1.807, 2.05) is 0 Å². The molecule has 0 saturated carbocycles. The van der Waals surface area contributed by atoms with E-state index in [0.29, 0.717) is 0 Å². The van der Waals surface area contributed by atoms with Crippen LogP contribution < -0.4 is 16.0 Å². The van der Waals surface area contributed by atoms with Crippen molar-refractivity contribution in [3.8, 4) is 0 Å². The Morgan fingerprint density at radius 1 is 1.21 bits per heavy atom. The second-order valence-electron chi connectivity index (χ2n) is 4.30. The average molecular weight is 264 g/mol. The van der Waals surface area contributed by atoms with Gasteiger partial charge in [-0.3, -0.25) is 15.0 Å². The maximum Gasteiger partial charge on any atom is 0.324 e. The van der Waals surface area contributed by atoms with Gasteiger partial charge in [-0.05, 0) is 18.2 Å². The van der Waals surface area contributed by atoms with Crippen molar-refractivity contribution in [1.82, 2.24) is 15.5 Å². The van der Waals surface area contributed by atoms with Gasteiger partial charge in [-0.2, -0.15) is 0 Å². The first-order valence-corrected chi connectivity index (χ1v) is 5.43. The van der Waals surface area contributed by atoms with Crippen molar-refractivity contribution in [2.24, 2.45) is 0 Å². The lowest BCUT2D eigenvalue weighted by molar-refractivity contribution is -0.129. The van der Waals surface area contributed by atoms with Gasteiger partial charge in [0.15, 0.2) is 0 Å². The molecule has 1 saturated heterocycles. The minimum absolute atomic E-state index is 0.179. The van der Waals surface area contributed by atoms with Gasteiger partial charge in [-0.1, -0.05) is 0 Å². The molecule has 7 nitrogen and oxygen atoms in total. The number of likely N-dealkylation sites (N-methyl/N-ethyl adjacent to an activating group) is 1. The van der Waals surface area contributed by atoms with E-state index in [1.54, 1.807) is 0 Å². The van der Waals surface area contributed by atoms with Crippen molar-refractivity contribution >= 4 is 23.7 Å². The lowest BCUT2D eigenvalue weighted by Gasteiger charge is -2.40. The second kappa shape index (κ2) is 3.44. The van der Waals surface area contributed by atoms with Crippen LogP contribution in [-0.4, -0.2) is 29.9 Å². The molecular formula is C11H9FN4O3. The third-order valence-corrected chi connectivity index (χ3v) is 3.27. The first kappa shape index (κ1) is 11.5. The number of benzene rings is 1. The predicted molar refractivity (Wildman–Crippen MR) is 61.5 cm³/mol. The first-order valence-electron chi connectivity index (χ1n) is 5.43. The van der Waals surface area contributed by atoms with Crippen LogP contribution in [0.4, 0.5) is 19.7 Å². The number of rotatable bonds is 0. The van der Waals surface area contributed by atoms with E-state index in [4.69, 9.17) is 0 Å². The molecule has 0 radical (unpaired) electrons. The molecule has 0 aromatic heterocycles. The standard InChI is InChI=1S/C11H9FN4O3/c1-16-10(19)13-7-3-2-5(12)4-6(7)11(16)8(17)14-9(18)15-11/h2-4H,1H3,(H,13,19)(H2,14,15,17,18)/t11-/m1/s1. The SMILES string of the molecule is CN1C(=O)Nc2ccc(F)cc2[C@@]12NC(=O)NC2=O. The molecule has 1 aromatic carbocycles. The number of nitrogens with one attached hydrogen (secondary N) is 3. The monoisotopic (exact) mass is 264 g/mol. The zero-order chi connectivity index (χ0) is 13.8. The number of nitrogens with zero attached hydrogens (tertiary/aromatic N) is 1. The molecule has 3 N–H and O–H groups in total. The number of hydrogen-bond donors (Lipinski definition) is 3. The first-order chi connectivity index (χ1) is 8.95. The zero-order valence-electron chi connectivity index (χ0n) is 9.78. The van der Waals surface area contributed by atoms with Crippen LogP contribution in [0.5, 0.6) is 0 Å². The number of urea groups is 2. The largest absolute Gasteiger partial charge is 0.324 e. The maximum atomic E-state index is 13.4. The van der Waals surface area contributed by atoms with Crippen molar-refractivity contribution in [2.75, 3.05) is 12.4 Å². The summed E-state index contributed by atoms with van der Waals surface area (Å²) in [7, 11) is 1.34. The van der Waals surface area contributed by atoms with Gasteiger partial charge in [-0.15, -0.1) is 0 Å². The second-order valence-corrected chi connectivity index (χ2v) is 4.30. The van der Waals surface area contributed by atoms with Crippen LogP contribution in [0, 0.1) is 5.82 Å². The molecule has 1 spiro atoms. The number of carbonyl (C=O) groups excluding carboxylic acids is 3. The molecule has 1 fully saturated rings. The fourth-order valence-corrected chi connectivity index (χ4v) is 2.33. The third kappa shape index (κ3) is 1.33. The summed E-state index contributed by atoms with van der Waals surface area (Å²) in [6.45, 7) is 0. The van der Waals surface area contributed by atoms with E-state index >= 15 is 0 Å². The molecule has 19 heavy (non-hydrogen) atoms. The van der Waals surface area contributed by atoms with Crippen LogP contribution in [0.15, 0.2) is 18.2 Å². The Hall–Kier alpha value is -2.64. The Labute approximate surface area is 106 Å². The third-order valence-electron chi connectivity index (χ3n) is 3.27. The maximum absolute atomic E-state index is 13.4. The minimum Gasteiger partial charge on any atom is -0.307 e. The van der Waals surface area contributed by atoms with Gasteiger partial charge in [0.1, 0.15) is 5.82 Å². The summed E-state index contributed by atoms with van der Waals surface area (Å²) < 4.78 is 13.4. The van der Waals surface area contributed by atoms with Gasteiger partial charge < -0.3 is 10.6 Å². The van der Waals surface area contributed by atoms with Crippen LogP contribution in [0.25, 0.3) is 0 Å². The Balaban J connectivity index is 2.29. The molecule has 8 heteroatoms. The van der Waals surface area contributed by atoms with Gasteiger partial charge in [0, 0.05) is 12.6 Å². The molecule has 0 aliphatic carbocycles. The lowest BCUT2D eigenvalue weighted by atomic mass is 9.94. The predicted octanol–water partition coefficient (Wildman–Crippen LogP) is 0.295. The zero-order valence-corrected chi connectivity index (χ0v) is 9.78. The van der Waals surface area contributed by atoms with Gasteiger partial charge in [-0.25, -0.2) is 14.0 Å². The van der Waals surface area contributed by atoms with E-state index in [1.165, 1.54) is 13.1 Å². The molecule has 0 unspecified atom stereocenters. The summed E-state index contributed by atoms with van der Waals surface area (Å²) in [5.41, 5.74) is -1.25. The lowest BCUT2D eigenvalue weighted by Crippen LogP contribution is -2.62. The molecule has 98 valence electrons. The van der Waals surface area contributed by atoms with Crippen LogP contribution in [-0.2, 0) is 10.5 Å². The summed E-state index contributed by atoms with van der Waals surface area (Å²) in [4.78, 5) is 36.3. The highest BCUT2D eigenvalue weighted by molar-refractivity contribution is 6.11. The molecule has 2 aliphatic rings. The van der Waals surface area contributed by atoms with Crippen molar-refractivity contribution in [1.29, 1.82) is 0 Å². The highest BCUT2D eigenvalue weighted by atomic mass is 19.1. The molecule has 2 aliphatic heterocycles. The Bertz CT molecular complexity index is 632. The average Bonchev–Trinajstić information content (AvgIpc) is 2.64. The van der Waals surface area contributed by atoms with Gasteiger partial charge in [0.05, 0.1) is 5.69 Å². The van der Waals surface area contributed by atoms with E-state index in [9.17, 15) is 18.8 Å². The van der Waals surface area contributed by atoms with E-state index in [0.717, 1.165) is 17.0 Å². The normalized spacial score (nSPS) is 24.9. The molecule has 1 atom stereocenters. The van der Waals surface area contributed by atoms with Crippen molar-refractivity contribution in [3.05, 3.63) is 29.6 Å². The van der Waals surface area contributed by atoms with Gasteiger partial charge >= 0.3 is 12.1 Å². The number of imide groups is 1. The molecule has 5 amide bonds. The van der Waals surface area contributed by atoms with Crippen LogP contribution in [0.2, 0.25) is 0 Å². The van der Waals surface area contributed by atoms with Crippen LogP contribution in [0.1, 0.15) is 5.56 Å². The summed E-state index contributed by atoms with van der Waals surface area (Å²) >= 11 is 0. The van der Waals surface area contributed by atoms with Crippen molar-refractivity contribution < 1.29 is 18.8 Å². The molecule has 1 aromatic rings. The Kier molecular flexibility index (Phi) is 2.07. The topological polar surface area (TPSA) is 90.5 Å². The molecule has 2 heterocycles. The summed E-state index contributed by atoms with van der Waals surface area (Å²) in [5.74, 6) is -1.29. The fraction of sp³-hybridized carbons (Fsp3) is 0.182. The number of amides is 5. The summed E-state index contributed by atoms with van der Waals surface area (Å²) in [6, 6.07) is 2.30. The number of hydrogen-bond acceptors (Lipinski definition) is 3. The van der Waals surface area contributed by atoms with Crippen LogP contribution >= 0.6 is 0 Å². The van der Waals surface area contributed by atoms with Gasteiger partial charge in [0.25, 0.3) is 5.91 Å². The van der Waals surface area contributed by atoms with Crippen molar-refractivity contribution in [2.45, 2.75) is 5.66 Å². The highest BCUT2D eigenvalue weighted by Gasteiger charge is 2.56. The minimum atomic E-state index is -1.71. The number of fused-ring (bicyclic) bond motifs is 2.